The van der Waals surface area contributed by atoms with Gasteiger partial charge in [-0.25, -0.2) is 4.39 Å². The lowest BCUT2D eigenvalue weighted by atomic mass is 9.75. The summed E-state index contributed by atoms with van der Waals surface area (Å²) in [7, 11) is 1.71. The Labute approximate surface area is 163 Å². The summed E-state index contributed by atoms with van der Waals surface area (Å²) in [6.45, 7) is 3.95. The summed E-state index contributed by atoms with van der Waals surface area (Å²) in [6, 6.07) is -0.302. The van der Waals surface area contributed by atoms with E-state index in [2.05, 4.69) is 32.9 Å². The zero-order chi connectivity index (χ0) is 19.7. The van der Waals surface area contributed by atoms with Gasteiger partial charge in [0.15, 0.2) is 5.69 Å². The Morgan fingerprint density at radius 3 is 3.18 bits per heavy atom. The number of halogens is 1. The van der Waals surface area contributed by atoms with Crippen molar-refractivity contribution in [3.8, 4) is 0 Å². The second-order valence-corrected chi connectivity index (χ2v) is 8.19. The number of aromatic nitrogens is 4. The molecule has 28 heavy (non-hydrogen) atoms. The lowest BCUT2D eigenvalue weighted by molar-refractivity contribution is 0.0804. The smallest absolute Gasteiger partial charge is 0.276 e. The van der Waals surface area contributed by atoms with Crippen LogP contribution in [0.4, 0.5) is 10.1 Å². The molecule has 0 aromatic carbocycles. The summed E-state index contributed by atoms with van der Waals surface area (Å²) in [5, 5.41) is 17.4. The summed E-state index contributed by atoms with van der Waals surface area (Å²) in [4.78, 5) is 12.7. The summed E-state index contributed by atoms with van der Waals surface area (Å²) in [5.41, 5.74) is 3.00. The first-order chi connectivity index (χ1) is 13.5. The maximum Gasteiger partial charge on any atom is 0.276 e. The van der Waals surface area contributed by atoms with Crippen LogP contribution in [0, 0.1) is 5.41 Å². The number of amides is 1. The first-order valence-corrected chi connectivity index (χ1v) is 9.74. The average molecular weight is 390 g/mol. The molecule has 3 heterocycles. The van der Waals surface area contributed by atoms with Crippen molar-refractivity contribution >= 4 is 11.6 Å². The number of hydrogen-bond donors (Lipinski definition) is 3. The zero-order valence-corrected chi connectivity index (χ0v) is 16.3. The summed E-state index contributed by atoms with van der Waals surface area (Å²) >= 11 is 0. The number of hydrogen-bond acceptors (Lipinski definition) is 5. The molecular formula is C19H27FN6O2. The van der Waals surface area contributed by atoms with Crippen LogP contribution in [0.2, 0.25) is 0 Å². The third kappa shape index (κ3) is 3.68. The number of piperidine rings is 1. The van der Waals surface area contributed by atoms with E-state index in [1.807, 2.05) is 0 Å². The molecule has 1 aliphatic carbocycles. The van der Waals surface area contributed by atoms with Crippen molar-refractivity contribution in [3.63, 3.8) is 0 Å². The van der Waals surface area contributed by atoms with E-state index >= 15 is 0 Å². The van der Waals surface area contributed by atoms with Crippen LogP contribution in [0.25, 0.3) is 0 Å². The minimum absolute atomic E-state index is 0.0565. The monoisotopic (exact) mass is 390 g/mol. The molecule has 0 unspecified atom stereocenters. The van der Waals surface area contributed by atoms with E-state index in [9.17, 15) is 9.18 Å². The van der Waals surface area contributed by atoms with Gasteiger partial charge < -0.3 is 15.4 Å². The molecule has 4 rings (SSSR count). The second kappa shape index (κ2) is 7.63. The summed E-state index contributed by atoms with van der Waals surface area (Å²) in [6.07, 6.45) is 5.46. The van der Waals surface area contributed by atoms with Gasteiger partial charge >= 0.3 is 0 Å². The number of carbonyl (C=O) groups excluding carboxylic acids is 1. The summed E-state index contributed by atoms with van der Waals surface area (Å²) in [5.74, 6) is -0.269. The van der Waals surface area contributed by atoms with E-state index in [1.54, 1.807) is 24.2 Å². The van der Waals surface area contributed by atoms with Crippen molar-refractivity contribution in [3.05, 3.63) is 29.3 Å². The molecule has 9 heteroatoms. The third-order valence-corrected chi connectivity index (χ3v) is 5.82. The van der Waals surface area contributed by atoms with Gasteiger partial charge in [-0.05, 0) is 37.6 Å². The topological polar surface area (TPSA) is 96.9 Å². The minimum Gasteiger partial charge on any atom is -0.384 e. The third-order valence-electron chi connectivity index (χ3n) is 5.82. The molecule has 2 aromatic rings. The number of nitrogens with zero attached hydrogens (tertiary/aromatic N) is 3. The van der Waals surface area contributed by atoms with Crippen molar-refractivity contribution in [2.45, 2.75) is 44.8 Å². The first kappa shape index (κ1) is 19.1. The Balaban J connectivity index is 1.45. The molecule has 0 saturated carbocycles. The van der Waals surface area contributed by atoms with E-state index in [0.717, 1.165) is 37.1 Å². The van der Waals surface area contributed by atoms with E-state index in [4.69, 9.17) is 4.74 Å². The molecule has 152 valence electrons. The molecule has 2 aliphatic rings. The Kier molecular flexibility index (Phi) is 5.20. The van der Waals surface area contributed by atoms with E-state index in [0.29, 0.717) is 31.0 Å². The quantitative estimate of drug-likeness (QED) is 0.724. The molecule has 2 aromatic heterocycles. The van der Waals surface area contributed by atoms with Crippen LogP contribution in [-0.2, 0) is 17.6 Å². The molecule has 3 N–H and O–H groups in total. The maximum atomic E-state index is 14.1. The number of nitrogens with one attached hydrogen (secondary N) is 3. The molecule has 1 fully saturated rings. The molecule has 0 radical (unpaired) electrons. The number of rotatable bonds is 5. The van der Waals surface area contributed by atoms with Crippen molar-refractivity contribution in [1.29, 1.82) is 0 Å². The van der Waals surface area contributed by atoms with E-state index in [1.165, 1.54) is 0 Å². The van der Waals surface area contributed by atoms with Crippen LogP contribution in [0.15, 0.2) is 12.4 Å². The number of methoxy groups -OCH3 is 1. The zero-order valence-electron chi connectivity index (χ0n) is 16.3. The largest absolute Gasteiger partial charge is 0.384 e. The Morgan fingerprint density at radius 1 is 1.54 bits per heavy atom. The fourth-order valence-electron chi connectivity index (χ4n) is 4.30. The highest BCUT2D eigenvalue weighted by Gasteiger charge is 2.34. The number of H-pyrrole nitrogens is 1. The molecule has 1 amide bonds. The predicted molar refractivity (Wildman–Crippen MR) is 102 cm³/mol. The van der Waals surface area contributed by atoms with Crippen molar-refractivity contribution < 1.29 is 13.9 Å². The Hall–Kier alpha value is -2.26. The van der Waals surface area contributed by atoms with Gasteiger partial charge in [-0.15, -0.1) is 0 Å². The SMILES string of the molecule is COC[C@]1(C)CCc2c(C(=O)Nc3cnn([C@@H]4CCNC[C@H]4F)c3)n[nH]c2C1. The molecule has 3 atom stereocenters. The highest BCUT2D eigenvalue weighted by molar-refractivity contribution is 6.03. The maximum absolute atomic E-state index is 14.1. The predicted octanol–water partition coefficient (Wildman–Crippen LogP) is 1.87. The highest BCUT2D eigenvalue weighted by atomic mass is 19.1. The lowest BCUT2D eigenvalue weighted by Crippen LogP contribution is -2.39. The van der Waals surface area contributed by atoms with Crippen LogP contribution >= 0.6 is 0 Å². The molecular weight excluding hydrogens is 363 g/mol. The molecule has 0 spiro atoms. The number of alkyl halides is 1. The number of carbonyl (C=O) groups is 1. The van der Waals surface area contributed by atoms with Gasteiger partial charge in [0.25, 0.3) is 5.91 Å². The van der Waals surface area contributed by atoms with Gasteiger partial charge in [0.05, 0.1) is 24.5 Å². The van der Waals surface area contributed by atoms with Crippen molar-refractivity contribution in [1.82, 2.24) is 25.3 Å². The van der Waals surface area contributed by atoms with Crippen molar-refractivity contribution in [2.75, 3.05) is 32.1 Å². The fraction of sp³-hybridized carbons (Fsp3) is 0.632. The molecule has 1 aliphatic heterocycles. The first-order valence-electron chi connectivity index (χ1n) is 9.74. The lowest BCUT2D eigenvalue weighted by Gasteiger charge is -2.32. The fourth-order valence-corrected chi connectivity index (χ4v) is 4.30. The van der Waals surface area contributed by atoms with Gasteiger partial charge in [-0.1, -0.05) is 6.92 Å². The van der Waals surface area contributed by atoms with Crippen LogP contribution in [0.5, 0.6) is 0 Å². The highest BCUT2D eigenvalue weighted by Crippen LogP contribution is 2.36. The average Bonchev–Trinajstić information content (AvgIpc) is 3.28. The standard InChI is InChI=1S/C19H27FN6O2/c1-19(11-28-2)5-3-13-15(7-19)24-25-17(13)18(27)23-12-8-22-26(10-12)16-4-6-21-9-14(16)20/h8,10,14,16,21H,3-7,9,11H2,1-2H3,(H,23,27)(H,24,25)/t14-,16-,19-/m1/s1. The molecule has 0 bridgehead atoms. The van der Waals surface area contributed by atoms with Gasteiger partial charge in [-0.3, -0.25) is 14.6 Å². The van der Waals surface area contributed by atoms with Gasteiger partial charge in [0, 0.05) is 31.1 Å². The van der Waals surface area contributed by atoms with Gasteiger partial charge in [0.1, 0.15) is 6.17 Å². The van der Waals surface area contributed by atoms with Crippen LogP contribution in [0.3, 0.4) is 0 Å². The Morgan fingerprint density at radius 2 is 2.39 bits per heavy atom. The summed E-state index contributed by atoms with van der Waals surface area (Å²) < 4.78 is 21.0. The molecule has 8 nitrogen and oxygen atoms in total. The van der Waals surface area contributed by atoms with Gasteiger partial charge in [-0.2, -0.15) is 10.2 Å². The number of fused-ring (bicyclic) bond motifs is 1. The van der Waals surface area contributed by atoms with Gasteiger partial charge in [0.2, 0.25) is 0 Å². The van der Waals surface area contributed by atoms with Crippen molar-refractivity contribution in [2.24, 2.45) is 5.41 Å². The van der Waals surface area contributed by atoms with Crippen LogP contribution in [0.1, 0.15) is 47.6 Å². The number of aromatic amines is 1. The van der Waals surface area contributed by atoms with E-state index in [-0.39, 0.29) is 17.4 Å². The molecule has 1 saturated heterocycles. The normalized spacial score (nSPS) is 27.4. The minimum atomic E-state index is -0.989. The number of ether oxygens (including phenoxy) is 1. The van der Waals surface area contributed by atoms with Crippen LogP contribution < -0.4 is 10.6 Å². The Bertz CT molecular complexity index is 849. The second-order valence-electron chi connectivity index (χ2n) is 8.19. The van der Waals surface area contributed by atoms with Crippen LogP contribution in [-0.4, -0.2) is 58.9 Å². The number of anilines is 1. The van der Waals surface area contributed by atoms with E-state index < -0.39 is 6.17 Å².